The minimum atomic E-state index is 0.443. The van der Waals surface area contributed by atoms with E-state index in [2.05, 4.69) is 0 Å². The Labute approximate surface area is 73.7 Å². The molecule has 0 saturated heterocycles. The number of hydrogen-bond acceptors (Lipinski definition) is 1. The SMILES string of the molecule is Oc1cccc[c]1[Th]. The van der Waals surface area contributed by atoms with Crippen molar-refractivity contribution in [3.05, 3.63) is 24.3 Å². The Morgan fingerprint density at radius 1 is 1.25 bits per heavy atom. The predicted molar refractivity (Wildman–Crippen MR) is 27.7 cm³/mol. The fourth-order valence-electron chi connectivity index (χ4n) is 0.474. The van der Waals surface area contributed by atoms with Gasteiger partial charge in [0.25, 0.3) is 0 Å². The number of hydrogen-bond donors (Lipinski definition) is 1. The average Bonchev–Trinajstić information content (AvgIpc) is 1.77. The summed E-state index contributed by atoms with van der Waals surface area (Å²) in [5, 5.41) is 8.96. The van der Waals surface area contributed by atoms with Crippen LogP contribution in [-0.2, 0) is 0 Å². The Hall–Kier alpha value is 0.345. The van der Waals surface area contributed by atoms with E-state index in [9.17, 15) is 0 Å². The van der Waals surface area contributed by atoms with Crippen LogP contribution in [-0.4, -0.2) is 5.11 Å². The number of aromatic hydroxyl groups is 1. The Bertz CT molecular complexity index is 165. The first kappa shape index (κ1) is 6.46. The zero-order valence-corrected chi connectivity index (χ0v) is 8.37. The molecule has 39 valence electrons. The molecule has 0 saturated carbocycles. The van der Waals surface area contributed by atoms with Crippen molar-refractivity contribution in [3.8, 4) is 5.75 Å². The molecule has 1 aromatic carbocycles. The average molecular weight is 325 g/mol. The second kappa shape index (κ2) is 2.76. The molecule has 0 aliphatic carbocycles. The van der Waals surface area contributed by atoms with Crippen LogP contribution in [0.4, 0.5) is 0 Å². The summed E-state index contributed by atoms with van der Waals surface area (Å²) >= 11 is 0.726. The van der Waals surface area contributed by atoms with E-state index in [1.807, 2.05) is 18.2 Å². The Kier molecular flexibility index (Phi) is 2.23. The van der Waals surface area contributed by atoms with Gasteiger partial charge in [0.15, 0.2) is 0 Å². The molecular formula is C6H5OTh. The summed E-state index contributed by atoms with van der Waals surface area (Å²) in [6.07, 6.45) is 0. The van der Waals surface area contributed by atoms with Gasteiger partial charge in [-0.25, -0.2) is 0 Å². The molecule has 0 spiro atoms. The quantitative estimate of drug-likeness (QED) is 0.739. The van der Waals surface area contributed by atoms with Gasteiger partial charge in [-0.3, -0.25) is 0 Å². The van der Waals surface area contributed by atoms with E-state index in [0.717, 1.165) is 39.3 Å². The first-order valence-corrected chi connectivity index (χ1v) is 4.36. The topological polar surface area (TPSA) is 20.2 Å². The number of benzene rings is 1. The fraction of sp³-hybridized carbons (Fsp3) is 0. The summed E-state index contributed by atoms with van der Waals surface area (Å²) in [6, 6.07) is 7.44. The summed E-state index contributed by atoms with van der Waals surface area (Å²) in [5.74, 6) is 0.443. The molecule has 1 nitrogen and oxygen atoms in total. The molecule has 1 aromatic rings. The molecule has 0 amide bonds. The molecular weight excluding hydrogens is 320 g/mol. The molecule has 0 unspecified atom stereocenters. The Morgan fingerprint density at radius 3 is 2.25 bits per heavy atom. The van der Waals surface area contributed by atoms with E-state index in [1.54, 1.807) is 6.07 Å². The monoisotopic (exact) mass is 325 g/mol. The van der Waals surface area contributed by atoms with Crippen LogP contribution in [0.2, 0.25) is 0 Å². The second-order valence-corrected chi connectivity index (χ2v) is 3.73. The molecule has 0 radical (unpaired) electrons. The van der Waals surface area contributed by atoms with Crippen molar-refractivity contribution in [3.63, 3.8) is 0 Å². The van der Waals surface area contributed by atoms with Gasteiger partial charge in [0.1, 0.15) is 0 Å². The van der Waals surface area contributed by atoms with Crippen molar-refractivity contribution in [1.29, 1.82) is 0 Å². The van der Waals surface area contributed by atoms with Crippen molar-refractivity contribution in [2.75, 3.05) is 0 Å². The van der Waals surface area contributed by atoms with Gasteiger partial charge in [-0.05, 0) is 0 Å². The predicted octanol–water partition coefficient (Wildman–Crippen LogP) is 0.567. The van der Waals surface area contributed by atoms with Crippen LogP contribution in [0.1, 0.15) is 0 Å². The molecule has 0 aromatic heterocycles. The molecule has 0 aliphatic rings. The summed E-state index contributed by atoms with van der Waals surface area (Å²) in [6.45, 7) is 0. The number of rotatable bonds is 0. The van der Waals surface area contributed by atoms with E-state index in [4.69, 9.17) is 5.11 Å². The second-order valence-electron chi connectivity index (χ2n) is 1.52. The zero-order valence-electron chi connectivity index (χ0n) is 4.26. The molecule has 0 heterocycles. The van der Waals surface area contributed by atoms with Crippen LogP contribution in [0.3, 0.4) is 0 Å². The van der Waals surface area contributed by atoms with Gasteiger partial charge in [0.05, 0.1) is 0 Å². The van der Waals surface area contributed by atoms with Gasteiger partial charge in [0.2, 0.25) is 0 Å². The molecule has 8 heavy (non-hydrogen) atoms. The molecule has 0 atom stereocenters. The third kappa shape index (κ3) is 1.41. The van der Waals surface area contributed by atoms with Crippen LogP contribution >= 0.6 is 0 Å². The number of phenolic OH excluding ortho intramolecular Hbond substituents is 1. The van der Waals surface area contributed by atoms with Crippen molar-refractivity contribution in [2.45, 2.75) is 0 Å². The molecule has 0 fully saturated rings. The van der Waals surface area contributed by atoms with Gasteiger partial charge in [-0.15, -0.1) is 0 Å². The van der Waals surface area contributed by atoms with Crippen LogP contribution in [0.15, 0.2) is 24.3 Å². The molecule has 1 N–H and O–H groups in total. The summed E-state index contributed by atoms with van der Waals surface area (Å²) in [5.41, 5.74) is 0. The normalized spacial score (nSPS) is 9.25. The van der Waals surface area contributed by atoms with Crippen LogP contribution in [0, 0.1) is 37.9 Å². The van der Waals surface area contributed by atoms with Crippen LogP contribution < -0.4 is 1.34 Å². The summed E-state index contributed by atoms with van der Waals surface area (Å²) in [7, 11) is 0. The van der Waals surface area contributed by atoms with E-state index in [0.29, 0.717) is 5.75 Å². The molecule has 0 aliphatic heterocycles. The zero-order chi connectivity index (χ0) is 5.98. The van der Waals surface area contributed by atoms with Gasteiger partial charge >= 0.3 is 74.4 Å². The first-order chi connectivity index (χ1) is 3.80. The maximum atomic E-state index is 8.96. The van der Waals surface area contributed by atoms with Crippen molar-refractivity contribution >= 4 is 1.34 Å². The molecule has 1 rings (SSSR count). The van der Waals surface area contributed by atoms with Gasteiger partial charge in [-0.1, -0.05) is 0 Å². The maximum absolute atomic E-state index is 8.96. The molecule has 0 bridgehead atoms. The first-order valence-electron chi connectivity index (χ1n) is 2.30. The van der Waals surface area contributed by atoms with Crippen LogP contribution in [0.25, 0.3) is 0 Å². The summed E-state index contributed by atoms with van der Waals surface area (Å²) in [4.78, 5) is 0. The minimum absolute atomic E-state index is 0.443. The van der Waals surface area contributed by atoms with E-state index < -0.39 is 0 Å². The number of phenols is 1. The van der Waals surface area contributed by atoms with Gasteiger partial charge < -0.3 is 0 Å². The van der Waals surface area contributed by atoms with Crippen molar-refractivity contribution < 1.29 is 43.0 Å². The van der Waals surface area contributed by atoms with E-state index in [-0.39, 0.29) is 0 Å². The van der Waals surface area contributed by atoms with E-state index >= 15 is 0 Å². The van der Waals surface area contributed by atoms with Crippen LogP contribution in [0.5, 0.6) is 5.75 Å². The van der Waals surface area contributed by atoms with Gasteiger partial charge in [0, 0.05) is 0 Å². The third-order valence-electron chi connectivity index (χ3n) is 0.904. The Balaban J connectivity index is 3.13. The van der Waals surface area contributed by atoms with Gasteiger partial charge in [-0.2, -0.15) is 0 Å². The summed E-state index contributed by atoms with van der Waals surface area (Å²) < 4.78 is 1.09. The third-order valence-corrected chi connectivity index (χ3v) is 2.64. The van der Waals surface area contributed by atoms with Crippen molar-refractivity contribution in [2.24, 2.45) is 0 Å². The van der Waals surface area contributed by atoms with Crippen molar-refractivity contribution in [1.82, 2.24) is 0 Å². The standard InChI is InChI=1S/C6H5O.Th/c7-6-4-2-1-3-5-6;/h1-4,7H;. The van der Waals surface area contributed by atoms with E-state index in [1.165, 1.54) is 0 Å². The fourth-order valence-corrected chi connectivity index (χ4v) is 1.21. The Morgan fingerprint density at radius 2 is 1.88 bits per heavy atom. The number of para-hydroxylation sites is 1. The molecule has 2 heteroatoms.